The van der Waals surface area contributed by atoms with Gasteiger partial charge >= 0.3 is 6.18 Å². The second kappa shape index (κ2) is 8.33. The van der Waals surface area contributed by atoms with Gasteiger partial charge in [-0.05, 0) is 25.0 Å². The minimum absolute atomic E-state index is 0.00129. The molecule has 1 aromatic carbocycles. The number of hydrogen-bond acceptors (Lipinski definition) is 3. The van der Waals surface area contributed by atoms with Crippen LogP contribution in [0.1, 0.15) is 42.1 Å². The van der Waals surface area contributed by atoms with E-state index in [0.717, 1.165) is 18.9 Å². The lowest BCUT2D eigenvalue weighted by Gasteiger charge is -2.07. The molecule has 1 N–H and O–H groups in total. The van der Waals surface area contributed by atoms with Crippen molar-refractivity contribution < 1.29 is 22.4 Å². The molecule has 164 valence electrons. The Labute approximate surface area is 179 Å². The molecule has 0 bridgehead atoms. The first-order valence-electron chi connectivity index (χ1n) is 9.62. The first-order valence-corrected chi connectivity index (χ1v) is 9.99. The summed E-state index contributed by atoms with van der Waals surface area (Å²) in [7, 11) is 0. The number of rotatable bonds is 7. The zero-order chi connectivity index (χ0) is 22.2. The zero-order valence-electron chi connectivity index (χ0n) is 16.2. The molecule has 0 atom stereocenters. The van der Waals surface area contributed by atoms with Crippen molar-refractivity contribution in [2.75, 3.05) is 5.32 Å². The van der Waals surface area contributed by atoms with Crippen molar-refractivity contribution >= 4 is 23.3 Å². The van der Waals surface area contributed by atoms with E-state index in [4.69, 9.17) is 11.6 Å². The Morgan fingerprint density at radius 1 is 1.23 bits per heavy atom. The average Bonchev–Trinajstić information content (AvgIpc) is 3.35. The zero-order valence-corrected chi connectivity index (χ0v) is 16.9. The molecule has 2 heterocycles. The van der Waals surface area contributed by atoms with Gasteiger partial charge in [-0.3, -0.25) is 14.2 Å². The third-order valence-electron chi connectivity index (χ3n) is 4.91. The molecule has 0 aliphatic heterocycles. The monoisotopic (exact) mass is 455 g/mol. The Balaban J connectivity index is 1.39. The van der Waals surface area contributed by atoms with Crippen molar-refractivity contribution in [2.45, 2.75) is 44.4 Å². The SMILES string of the molecule is O=C(CCn1nc(C(F)(F)F)cc1C1CC1)Nc1nn(Cc2ccccc2F)cc1Cl. The van der Waals surface area contributed by atoms with Crippen LogP contribution in [0.5, 0.6) is 0 Å². The molecular formula is C20H18ClF4N5O. The van der Waals surface area contributed by atoms with Gasteiger partial charge in [0.1, 0.15) is 10.8 Å². The van der Waals surface area contributed by atoms with E-state index < -0.39 is 17.8 Å². The van der Waals surface area contributed by atoms with E-state index in [0.29, 0.717) is 11.3 Å². The topological polar surface area (TPSA) is 64.7 Å². The minimum Gasteiger partial charge on any atom is -0.308 e. The second-order valence-corrected chi connectivity index (χ2v) is 7.77. The number of carbonyl (C=O) groups excluding carboxylic acids is 1. The van der Waals surface area contributed by atoms with Crippen molar-refractivity contribution in [3.8, 4) is 0 Å². The standard InChI is InChI=1S/C20H18ClF4N5O/c21-14-11-29(10-13-3-1-2-4-15(13)22)28-19(14)26-18(31)7-8-30-16(12-5-6-12)9-17(27-30)20(23,24)25/h1-4,9,11-12H,5-8,10H2,(H,26,28,31). The van der Waals surface area contributed by atoms with Crippen molar-refractivity contribution in [1.82, 2.24) is 19.6 Å². The first-order chi connectivity index (χ1) is 14.7. The number of amides is 1. The van der Waals surface area contributed by atoms with Crippen LogP contribution >= 0.6 is 11.6 Å². The average molecular weight is 456 g/mol. The minimum atomic E-state index is -4.53. The lowest BCUT2D eigenvalue weighted by Crippen LogP contribution is -2.17. The van der Waals surface area contributed by atoms with Crippen molar-refractivity contribution in [3.05, 3.63) is 64.3 Å². The summed E-state index contributed by atoms with van der Waals surface area (Å²) in [6.45, 7) is 0.127. The Hall–Kier alpha value is -2.88. The molecule has 1 fully saturated rings. The van der Waals surface area contributed by atoms with Crippen LogP contribution in [0.3, 0.4) is 0 Å². The van der Waals surface area contributed by atoms with Crippen LogP contribution in [0.15, 0.2) is 36.5 Å². The molecular weight excluding hydrogens is 438 g/mol. The van der Waals surface area contributed by atoms with Crippen LogP contribution in [0.4, 0.5) is 23.4 Å². The summed E-state index contributed by atoms with van der Waals surface area (Å²) in [6.07, 6.45) is -1.56. The highest BCUT2D eigenvalue weighted by Crippen LogP contribution is 2.42. The van der Waals surface area contributed by atoms with Gasteiger partial charge in [-0.1, -0.05) is 29.8 Å². The van der Waals surface area contributed by atoms with E-state index in [1.807, 2.05) is 0 Å². The molecule has 6 nitrogen and oxygen atoms in total. The van der Waals surface area contributed by atoms with Gasteiger partial charge in [0.15, 0.2) is 11.5 Å². The molecule has 2 aromatic heterocycles. The van der Waals surface area contributed by atoms with Gasteiger partial charge in [0.05, 0.1) is 6.54 Å². The maximum absolute atomic E-state index is 13.8. The summed E-state index contributed by atoms with van der Waals surface area (Å²) in [5, 5.41) is 10.5. The number of benzene rings is 1. The second-order valence-electron chi connectivity index (χ2n) is 7.36. The van der Waals surface area contributed by atoms with E-state index in [1.165, 1.54) is 21.6 Å². The maximum atomic E-state index is 13.8. The summed E-state index contributed by atoms with van der Waals surface area (Å²) in [5.74, 6) is -0.704. The summed E-state index contributed by atoms with van der Waals surface area (Å²) in [4.78, 5) is 12.3. The molecule has 0 radical (unpaired) electrons. The van der Waals surface area contributed by atoms with E-state index in [-0.39, 0.29) is 42.1 Å². The van der Waals surface area contributed by atoms with Crippen LogP contribution in [0, 0.1) is 5.82 Å². The lowest BCUT2D eigenvalue weighted by molar-refractivity contribution is -0.141. The fourth-order valence-corrected chi connectivity index (χ4v) is 3.42. The van der Waals surface area contributed by atoms with Crippen LogP contribution in [0.2, 0.25) is 5.02 Å². The number of carbonyl (C=O) groups is 1. The molecule has 1 amide bonds. The molecule has 1 aliphatic rings. The van der Waals surface area contributed by atoms with Gasteiger partial charge in [-0.25, -0.2) is 4.39 Å². The maximum Gasteiger partial charge on any atom is 0.435 e. The quantitative estimate of drug-likeness (QED) is 0.518. The van der Waals surface area contributed by atoms with Crippen LogP contribution < -0.4 is 5.32 Å². The van der Waals surface area contributed by atoms with Crippen LogP contribution in [-0.2, 0) is 24.1 Å². The number of aryl methyl sites for hydroxylation is 1. The van der Waals surface area contributed by atoms with Crippen molar-refractivity contribution in [2.24, 2.45) is 0 Å². The Morgan fingerprint density at radius 3 is 2.65 bits per heavy atom. The van der Waals surface area contributed by atoms with E-state index in [2.05, 4.69) is 15.5 Å². The predicted molar refractivity (Wildman–Crippen MR) is 105 cm³/mol. The fourth-order valence-electron chi connectivity index (χ4n) is 3.22. The number of anilines is 1. The van der Waals surface area contributed by atoms with Crippen molar-refractivity contribution in [3.63, 3.8) is 0 Å². The van der Waals surface area contributed by atoms with Gasteiger partial charge in [0.2, 0.25) is 5.91 Å². The smallest absolute Gasteiger partial charge is 0.308 e. The normalized spacial score (nSPS) is 14.1. The highest BCUT2D eigenvalue weighted by molar-refractivity contribution is 6.33. The highest BCUT2D eigenvalue weighted by Gasteiger charge is 2.37. The summed E-state index contributed by atoms with van der Waals surface area (Å²) < 4.78 is 55.4. The Bertz CT molecular complexity index is 1100. The van der Waals surface area contributed by atoms with Gasteiger partial charge in [0.25, 0.3) is 0 Å². The number of nitrogens with zero attached hydrogens (tertiary/aromatic N) is 4. The first kappa shape index (κ1) is 21.4. The largest absolute Gasteiger partial charge is 0.435 e. The Kier molecular flexibility index (Phi) is 5.74. The summed E-state index contributed by atoms with van der Waals surface area (Å²) >= 11 is 6.11. The predicted octanol–water partition coefficient (Wildman–Crippen LogP) is 4.85. The molecule has 1 saturated carbocycles. The fraction of sp³-hybridized carbons (Fsp3) is 0.350. The van der Waals surface area contributed by atoms with Gasteiger partial charge in [0, 0.05) is 36.3 Å². The summed E-state index contributed by atoms with van der Waals surface area (Å²) in [6, 6.07) is 7.27. The Morgan fingerprint density at radius 2 is 1.97 bits per heavy atom. The number of aromatic nitrogens is 4. The number of hydrogen-bond donors (Lipinski definition) is 1. The molecule has 0 saturated heterocycles. The molecule has 4 rings (SSSR count). The third-order valence-corrected chi connectivity index (χ3v) is 5.19. The number of halogens is 5. The highest BCUT2D eigenvalue weighted by atomic mass is 35.5. The van der Waals surface area contributed by atoms with Crippen LogP contribution in [0.25, 0.3) is 0 Å². The van der Waals surface area contributed by atoms with Crippen molar-refractivity contribution in [1.29, 1.82) is 0 Å². The molecule has 1 aliphatic carbocycles. The molecule has 0 unspecified atom stereocenters. The van der Waals surface area contributed by atoms with Gasteiger partial charge in [-0.15, -0.1) is 0 Å². The third kappa shape index (κ3) is 5.07. The lowest BCUT2D eigenvalue weighted by atomic mass is 10.2. The molecule has 31 heavy (non-hydrogen) atoms. The molecule has 11 heteroatoms. The van der Waals surface area contributed by atoms with Gasteiger partial charge < -0.3 is 5.32 Å². The number of alkyl halides is 3. The molecule has 0 spiro atoms. The van der Waals surface area contributed by atoms with E-state index in [9.17, 15) is 22.4 Å². The van der Waals surface area contributed by atoms with E-state index in [1.54, 1.807) is 18.2 Å². The van der Waals surface area contributed by atoms with Gasteiger partial charge in [-0.2, -0.15) is 23.4 Å². The number of nitrogens with one attached hydrogen (secondary N) is 1. The van der Waals surface area contributed by atoms with E-state index >= 15 is 0 Å². The molecule has 3 aromatic rings. The summed E-state index contributed by atoms with van der Waals surface area (Å²) in [5.41, 5.74) is -0.0524. The van der Waals surface area contributed by atoms with Crippen LogP contribution in [-0.4, -0.2) is 25.5 Å².